The van der Waals surface area contributed by atoms with Gasteiger partial charge in [0.05, 0.1) is 18.1 Å². The number of anilines is 2. The SMILES string of the molecule is Cc1c(Cc2ccccc2)nnc(N2CCN(c3cnc(S(C)(=O)=O)cn3)[C@H](C)C2)c1C. The molecule has 1 aromatic carbocycles. The first-order valence-electron chi connectivity index (χ1n) is 10.6. The van der Waals surface area contributed by atoms with Crippen molar-refractivity contribution < 1.29 is 8.42 Å². The van der Waals surface area contributed by atoms with Crippen LogP contribution in [0.2, 0.25) is 0 Å². The van der Waals surface area contributed by atoms with Crippen molar-refractivity contribution in [2.45, 2.75) is 38.3 Å². The molecule has 0 unspecified atom stereocenters. The number of rotatable bonds is 5. The Hall–Kier alpha value is -3.07. The summed E-state index contributed by atoms with van der Waals surface area (Å²) < 4.78 is 23.3. The highest BCUT2D eigenvalue weighted by Crippen LogP contribution is 2.26. The second-order valence-corrected chi connectivity index (χ2v) is 10.3. The lowest BCUT2D eigenvalue weighted by molar-refractivity contribution is 0.538. The number of aromatic nitrogens is 4. The fourth-order valence-electron chi connectivity index (χ4n) is 4.04. The largest absolute Gasteiger partial charge is 0.351 e. The highest BCUT2D eigenvalue weighted by molar-refractivity contribution is 7.90. The van der Waals surface area contributed by atoms with E-state index in [2.05, 4.69) is 62.9 Å². The zero-order chi connectivity index (χ0) is 22.9. The van der Waals surface area contributed by atoms with Crippen LogP contribution in [0, 0.1) is 13.8 Å². The van der Waals surface area contributed by atoms with E-state index in [0.717, 1.165) is 49.4 Å². The van der Waals surface area contributed by atoms with Crippen LogP contribution < -0.4 is 9.80 Å². The van der Waals surface area contributed by atoms with Gasteiger partial charge in [0.2, 0.25) is 0 Å². The van der Waals surface area contributed by atoms with Crippen molar-refractivity contribution in [3.05, 3.63) is 65.1 Å². The lowest BCUT2D eigenvalue weighted by atomic mass is 10.0. The molecule has 1 aliphatic rings. The molecule has 9 heteroatoms. The van der Waals surface area contributed by atoms with E-state index in [1.54, 1.807) is 0 Å². The van der Waals surface area contributed by atoms with Crippen LogP contribution in [0.5, 0.6) is 0 Å². The zero-order valence-electron chi connectivity index (χ0n) is 18.9. The van der Waals surface area contributed by atoms with E-state index < -0.39 is 9.84 Å². The van der Waals surface area contributed by atoms with Gasteiger partial charge in [0.1, 0.15) is 5.82 Å². The maximum atomic E-state index is 11.6. The van der Waals surface area contributed by atoms with Gasteiger partial charge in [-0.2, -0.15) is 5.10 Å². The molecule has 0 bridgehead atoms. The van der Waals surface area contributed by atoms with Crippen LogP contribution in [0.3, 0.4) is 0 Å². The summed E-state index contributed by atoms with van der Waals surface area (Å²) in [5.74, 6) is 1.60. The van der Waals surface area contributed by atoms with Crippen LogP contribution in [-0.2, 0) is 16.3 Å². The quantitative estimate of drug-likeness (QED) is 0.583. The third-order valence-electron chi connectivity index (χ3n) is 6.03. The van der Waals surface area contributed by atoms with Crippen LogP contribution in [-0.4, -0.2) is 60.5 Å². The van der Waals surface area contributed by atoms with Gasteiger partial charge in [0.15, 0.2) is 20.7 Å². The Labute approximate surface area is 189 Å². The molecule has 1 fully saturated rings. The van der Waals surface area contributed by atoms with Gasteiger partial charge in [-0.15, -0.1) is 5.10 Å². The first-order valence-corrected chi connectivity index (χ1v) is 12.5. The Kier molecular flexibility index (Phi) is 6.10. The predicted molar refractivity (Wildman–Crippen MR) is 125 cm³/mol. The van der Waals surface area contributed by atoms with E-state index in [1.807, 2.05) is 18.2 Å². The molecule has 0 amide bonds. The topological polar surface area (TPSA) is 92.2 Å². The van der Waals surface area contributed by atoms with E-state index in [1.165, 1.54) is 23.5 Å². The van der Waals surface area contributed by atoms with Gasteiger partial charge in [-0.1, -0.05) is 30.3 Å². The van der Waals surface area contributed by atoms with Crippen molar-refractivity contribution in [1.29, 1.82) is 0 Å². The van der Waals surface area contributed by atoms with Crippen molar-refractivity contribution >= 4 is 21.5 Å². The van der Waals surface area contributed by atoms with Crippen LogP contribution >= 0.6 is 0 Å². The first-order chi connectivity index (χ1) is 15.2. The Morgan fingerprint density at radius 3 is 2.38 bits per heavy atom. The highest BCUT2D eigenvalue weighted by Gasteiger charge is 2.27. The van der Waals surface area contributed by atoms with E-state index in [4.69, 9.17) is 0 Å². The Balaban J connectivity index is 1.49. The van der Waals surface area contributed by atoms with Gasteiger partial charge in [0.25, 0.3) is 0 Å². The number of nitrogens with zero attached hydrogens (tertiary/aromatic N) is 6. The van der Waals surface area contributed by atoms with Gasteiger partial charge in [0, 0.05) is 38.4 Å². The van der Waals surface area contributed by atoms with E-state index in [9.17, 15) is 8.42 Å². The number of sulfone groups is 1. The summed E-state index contributed by atoms with van der Waals surface area (Å²) in [6.07, 6.45) is 4.77. The average Bonchev–Trinajstić information content (AvgIpc) is 2.77. The molecule has 1 saturated heterocycles. The zero-order valence-corrected chi connectivity index (χ0v) is 19.7. The molecule has 0 spiro atoms. The van der Waals surface area contributed by atoms with E-state index >= 15 is 0 Å². The van der Waals surface area contributed by atoms with Crippen LogP contribution in [0.25, 0.3) is 0 Å². The molecule has 0 saturated carbocycles. The smallest absolute Gasteiger partial charge is 0.194 e. The number of hydrogen-bond acceptors (Lipinski definition) is 8. The third-order valence-corrected chi connectivity index (χ3v) is 7.00. The normalized spacial score (nSPS) is 16.9. The maximum absolute atomic E-state index is 11.6. The van der Waals surface area contributed by atoms with E-state index in [-0.39, 0.29) is 11.1 Å². The van der Waals surface area contributed by atoms with Crippen molar-refractivity contribution in [1.82, 2.24) is 20.2 Å². The predicted octanol–water partition coefficient (Wildman–Crippen LogP) is 2.59. The summed E-state index contributed by atoms with van der Waals surface area (Å²) in [5.41, 5.74) is 4.56. The molecule has 0 aliphatic carbocycles. The molecule has 1 aliphatic heterocycles. The molecular weight excluding hydrogens is 424 g/mol. The molecule has 32 heavy (non-hydrogen) atoms. The minimum absolute atomic E-state index is 0.00972. The van der Waals surface area contributed by atoms with Crippen LogP contribution in [0.15, 0.2) is 47.8 Å². The molecule has 8 nitrogen and oxygen atoms in total. The maximum Gasteiger partial charge on any atom is 0.194 e. The van der Waals surface area contributed by atoms with Gasteiger partial charge >= 0.3 is 0 Å². The van der Waals surface area contributed by atoms with Gasteiger partial charge in [-0.25, -0.2) is 18.4 Å². The molecule has 0 radical (unpaired) electrons. The molecule has 0 N–H and O–H groups in total. The Morgan fingerprint density at radius 1 is 1.00 bits per heavy atom. The average molecular weight is 453 g/mol. The summed E-state index contributed by atoms with van der Waals surface area (Å²) >= 11 is 0. The molecule has 2 aromatic heterocycles. The van der Waals surface area contributed by atoms with Gasteiger partial charge in [-0.3, -0.25) is 0 Å². The van der Waals surface area contributed by atoms with Crippen molar-refractivity contribution in [2.75, 3.05) is 35.7 Å². The van der Waals surface area contributed by atoms with E-state index in [0.29, 0.717) is 5.82 Å². The summed E-state index contributed by atoms with van der Waals surface area (Å²) in [5, 5.41) is 9.14. The molecule has 3 heterocycles. The molecular formula is C23H28N6O2S. The lowest BCUT2D eigenvalue weighted by Gasteiger charge is -2.41. The molecule has 3 aromatic rings. The molecule has 168 valence electrons. The van der Waals surface area contributed by atoms with Crippen LogP contribution in [0.4, 0.5) is 11.6 Å². The minimum atomic E-state index is -3.36. The molecule has 4 rings (SSSR count). The number of hydrogen-bond donors (Lipinski definition) is 0. The fraction of sp³-hybridized carbons (Fsp3) is 0.391. The first kappa shape index (κ1) is 22.1. The third kappa shape index (κ3) is 4.57. The summed E-state index contributed by atoms with van der Waals surface area (Å²) in [6.45, 7) is 8.62. The number of piperazine rings is 1. The van der Waals surface area contributed by atoms with Crippen LogP contribution in [0.1, 0.15) is 29.3 Å². The Morgan fingerprint density at radius 2 is 1.75 bits per heavy atom. The summed E-state index contributed by atoms with van der Waals surface area (Å²) in [4.78, 5) is 12.8. The second kappa shape index (κ2) is 8.82. The number of benzene rings is 1. The lowest BCUT2D eigenvalue weighted by Crippen LogP contribution is -2.53. The van der Waals surface area contributed by atoms with Crippen molar-refractivity contribution in [3.63, 3.8) is 0 Å². The Bertz CT molecular complexity index is 1200. The second-order valence-electron chi connectivity index (χ2n) is 8.36. The standard InChI is InChI=1S/C23H28N6O2S/c1-16-15-28(10-11-29(16)21-13-25-22(14-24-21)32(4,30)31)23-18(3)17(2)20(26-27-23)12-19-8-6-5-7-9-19/h5-9,13-14,16H,10-12,15H2,1-4H3/t16-/m1/s1. The highest BCUT2D eigenvalue weighted by atomic mass is 32.2. The fourth-order valence-corrected chi connectivity index (χ4v) is 4.53. The molecule has 1 atom stereocenters. The summed E-state index contributed by atoms with van der Waals surface area (Å²) in [6, 6.07) is 10.5. The van der Waals surface area contributed by atoms with Gasteiger partial charge < -0.3 is 9.80 Å². The minimum Gasteiger partial charge on any atom is -0.351 e. The summed E-state index contributed by atoms with van der Waals surface area (Å²) in [7, 11) is -3.36. The monoisotopic (exact) mass is 452 g/mol. The van der Waals surface area contributed by atoms with Crippen molar-refractivity contribution in [2.24, 2.45) is 0 Å². The van der Waals surface area contributed by atoms with Crippen molar-refractivity contribution in [3.8, 4) is 0 Å². The van der Waals surface area contributed by atoms with Gasteiger partial charge in [-0.05, 0) is 37.5 Å².